The van der Waals surface area contributed by atoms with Gasteiger partial charge in [-0.2, -0.15) is 10.2 Å². The van der Waals surface area contributed by atoms with E-state index in [1.807, 2.05) is 6.92 Å². The molecule has 0 saturated heterocycles. The maximum Gasteiger partial charge on any atom is 0.336 e. The summed E-state index contributed by atoms with van der Waals surface area (Å²) >= 11 is 0. The largest absolute Gasteiger partial charge is 0.467 e. The molecule has 6 heteroatoms. The minimum atomic E-state index is -0.854. The van der Waals surface area contributed by atoms with Gasteiger partial charge in [0.15, 0.2) is 11.1 Å². The number of hydrogen-bond donors (Lipinski definition) is 0. The lowest BCUT2D eigenvalue weighted by Crippen LogP contribution is -2.61. The Hall–Kier alpha value is -1.46. The van der Waals surface area contributed by atoms with Crippen molar-refractivity contribution in [2.45, 2.75) is 30.8 Å². The van der Waals surface area contributed by atoms with Crippen molar-refractivity contribution in [2.75, 3.05) is 14.2 Å². The van der Waals surface area contributed by atoms with Gasteiger partial charge in [-0.3, -0.25) is 0 Å². The molecule has 102 valence electrons. The number of nitrogens with zero attached hydrogens (tertiary/aromatic N) is 2. The van der Waals surface area contributed by atoms with Gasteiger partial charge in [-0.05, 0) is 12.8 Å². The SMILES string of the molecule is COC(=O)[C@@]12N=N[C@@](C(=O)OC)([C@H]3C[C@H]31)[C@]1(C)C[C@H]21. The minimum absolute atomic E-state index is 0.0628. The van der Waals surface area contributed by atoms with Crippen molar-refractivity contribution >= 4 is 11.9 Å². The fourth-order valence-electron chi connectivity index (χ4n) is 4.83. The summed E-state index contributed by atoms with van der Waals surface area (Å²) in [5.74, 6) is -0.354. The van der Waals surface area contributed by atoms with Crippen LogP contribution in [-0.2, 0) is 19.1 Å². The van der Waals surface area contributed by atoms with Gasteiger partial charge in [-0.1, -0.05) is 6.92 Å². The topological polar surface area (TPSA) is 77.3 Å². The normalized spacial score (nSPS) is 55.0. The van der Waals surface area contributed by atoms with Crippen LogP contribution in [0.4, 0.5) is 0 Å². The summed E-state index contributed by atoms with van der Waals surface area (Å²) in [6.45, 7) is 2.03. The Morgan fingerprint density at radius 2 is 1.79 bits per heavy atom. The molecule has 6 nitrogen and oxygen atoms in total. The molecule has 3 saturated carbocycles. The zero-order valence-corrected chi connectivity index (χ0v) is 11.2. The highest BCUT2D eigenvalue weighted by atomic mass is 16.5. The average Bonchev–Trinajstić information content (AvgIpc) is 3.29. The van der Waals surface area contributed by atoms with E-state index in [0.717, 1.165) is 12.8 Å². The van der Waals surface area contributed by atoms with Crippen LogP contribution in [0.5, 0.6) is 0 Å². The summed E-state index contributed by atoms with van der Waals surface area (Å²) in [4.78, 5) is 24.5. The lowest BCUT2D eigenvalue weighted by Gasteiger charge is -2.46. The Bertz CT molecular complexity index is 547. The third-order valence-electron chi connectivity index (χ3n) is 5.91. The van der Waals surface area contributed by atoms with Crippen LogP contribution in [-0.4, -0.2) is 37.2 Å². The van der Waals surface area contributed by atoms with Gasteiger partial charge in [0.05, 0.1) is 14.2 Å². The van der Waals surface area contributed by atoms with E-state index in [-0.39, 0.29) is 35.1 Å². The van der Waals surface area contributed by atoms with E-state index in [2.05, 4.69) is 10.2 Å². The average molecular weight is 264 g/mol. The smallest absolute Gasteiger partial charge is 0.336 e. The van der Waals surface area contributed by atoms with Gasteiger partial charge in [-0.25, -0.2) is 9.59 Å². The highest BCUT2D eigenvalue weighted by Gasteiger charge is 2.90. The Morgan fingerprint density at radius 3 is 2.42 bits per heavy atom. The molecule has 2 aliphatic heterocycles. The quantitative estimate of drug-likeness (QED) is 0.696. The molecular formula is C13H16N2O4. The van der Waals surface area contributed by atoms with Crippen molar-refractivity contribution in [1.82, 2.24) is 0 Å². The number of azo groups is 1. The predicted octanol–water partition coefficient (Wildman–Crippen LogP) is 0.952. The van der Waals surface area contributed by atoms with Crippen molar-refractivity contribution in [3.05, 3.63) is 0 Å². The molecular weight excluding hydrogens is 248 g/mol. The van der Waals surface area contributed by atoms with Gasteiger partial charge < -0.3 is 9.47 Å². The molecule has 5 rings (SSSR count). The number of rotatable bonds is 2. The number of esters is 2. The Labute approximate surface area is 110 Å². The van der Waals surface area contributed by atoms with Crippen LogP contribution >= 0.6 is 0 Å². The molecule has 2 bridgehead atoms. The van der Waals surface area contributed by atoms with Crippen molar-refractivity contribution in [3.8, 4) is 0 Å². The lowest BCUT2D eigenvalue weighted by molar-refractivity contribution is -0.163. The van der Waals surface area contributed by atoms with Gasteiger partial charge >= 0.3 is 11.9 Å². The molecule has 0 radical (unpaired) electrons. The first-order valence-electron chi connectivity index (χ1n) is 6.60. The molecule has 0 aromatic heterocycles. The Kier molecular flexibility index (Phi) is 1.70. The van der Waals surface area contributed by atoms with E-state index in [0.29, 0.717) is 0 Å². The molecule has 0 spiro atoms. The van der Waals surface area contributed by atoms with E-state index in [9.17, 15) is 9.59 Å². The molecule has 0 unspecified atom stereocenters. The first-order chi connectivity index (χ1) is 8.99. The van der Waals surface area contributed by atoms with E-state index < -0.39 is 11.1 Å². The summed E-state index contributed by atoms with van der Waals surface area (Å²) in [5.41, 5.74) is -1.98. The maximum atomic E-state index is 12.3. The summed E-state index contributed by atoms with van der Waals surface area (Å²) in [6.07, 6.45) is 1.60. The molecule has 19 heavy (non-hydrogen) atoms. The van der Waals surface area contributed by atoms with Gasteiger partial charge in [0.2, 0.25) is 0 Å². The van der Waals surface area contributed by atoms with Crippen LogP contribution in [0.25, 0.3) is 0 Å². The molecule has 0 aromatic carbocycles. The number of methoxy groups -OCH3 is 2. The van der Waals surface area contributed by atoms with E-state index in [1.54, 1.807) is 0 Å². The fraction of sp³-hybridized carbons (Fsp3) is 0.846. The molecule has 0 N–H and O–H groups in total. The summed E-state index contributed by atoms with van der Waals surface area (Å²) in [7, 11) is 2.78. The molecule has 0 amide bonds. The monoisotopic (exact) mass is 264 g/mol. The van der Waals surface area contributed by atoms with Crippen LogP contribution in [0.2, 0.25) is 0 Å². The highest BCUT2D eigenvalue weighted by Crippen LogP contribution is 2.82. The van der Waals surface area contributed by atoms with Gasteiger partial charge in [0, 0.05) is 23.2 Å². The summed E-state index contributed by atoms with van der Waals surface area (Å²) < 4.78 is 9.94. The molecule has 0 aromatic rings. The number of carbonyl (C=O) groups excluding carboxylic acids is 2. The van der Waals surface area contributed by atoms with Gasteiger partial charge in [0.1, 0.15) is 0 Å². The number of hydrogen-bond acceptors (Lipinski definition) is 6. The zero-order chi connectivity index (χ0) is 13.6. The van der Waals surface area contributed by atoms with Crippen LogP contribution < -0.4 is 0 Å². The first kappa shape index (κ1) is 11.4. The molecule has 5 aliphatic rings. The van der Waals surface area contributed by atoms with Crippen molar-refractivity contribution in [2.24, 2.45) is 33.4 Å². The van der Waals surface area contributed by atoms with Crippen molar-refractivity contribution in [3.63, 3.8) is 0 Å². The standard InChI is InChI=1S/C13H16N2O4/c1-11-5-8(11)12(9(16)18-2)6-4-7(6)13(11,15-14-12)10(17)19-3/h6-8H,4-5H2,1-3H3/t6-,7+,8+,11-,12-,13-/m1/s1. The molecule has 3 fully saturated rings. The zero-order valence-electron chi connectivity index (χ0n) is 11.2. The van der Waals surface area contributed by atoms with Gasteiger partial charge in [-0.15, -0.1) is 0 Å². The summed E-state index contributed by atoms with van der Waals surface area (Å²) in [6, 6.07) is 0. The second-order valence-electron chi connectivity index (χ2n) is 6.40. The second-order valence-corrected chi connectivity index (χ2v) is 6.40. The third kappa shape index (κ3) is 0.866. The Balaban J connectivity index is 1.90. The summed E-state index contributed by atoms with van der Waals surface area (Å²) in [5, 5.41) is 8.59. The van der Waals surface area contributed by atoms with E-state index in [4.69, 9.17) is 9.47 Å². The number of ether oxygens (including phenoxy) is 2. The third-order valence-corrected chi connectivity index (χ3v) is 5.91. The van der Waals surface area contributed by atoms with Crippen LogP contribution in [0, 0.1) is 23.2 Å². The highest BCUT2D eigenvalue weighted by molar-refractivity contribution is 5.91. The van der Waals surface area contributed by atoms with Crippen molar-refractivity contribution in [1.29, 1.82) is 0 Å². The number of carbonyl (C=O) groups is 2. The predicted molar refractivity (Wildman–Crippen MR) is 62.2 cm³/mol. The molecule has 2 heterocycles. The lowest BCUT2D eigenvalue weighted by atomic mass is 9.65. The molecule has 3 aliphatic carbocycles. The van der Waals surface area contributed by atoms with E-state index >= 15 is 0 Å². The second kappa shape index (κ2) is 2.83. The van der Waals surface area contributed by atoms with Crippen LogP contribution in [0.15, 0.2) is 10.2 Å². The van der Waals surface area contributed by atoms with E-state index in [1.165, 1.54) is 14.2 Å². The van der Waals surface area contributed by atoms with Crippen LogP contribution in [0.3, 0.4) is 0 Å². The molecule has 6 atom stereocenters. The first-order valence-corrected chi connectivity index (χ1v) is 6.60. The maximum absolute atomic E-state index is 12.3. The minimum Gasteiger partial charge on any atom is -0.467 e. The van der Waals surface area contributed by atoms with Crippen LogP contribution in [0.1, 0.15) is 19.8 Å². The van der Waals surface area contributed by atoms with Crippen molar-refractivity contribution < 1.29 is 19.1 Å². The fourth-order valence-corrected chi connectivity index (χ4v) is 4.83. The van der Waals surface area contributed by atoms with Gasteiger partial charge in [0.25, 0.3) is 0 Å². The Morgan fingerprint density at radius 1 is 1.11 bits per heavy atom.